The molecular formula is C19H24Cl3N3O3. The maximum absolute atomic E-state index is 10.2. The molecule has 0 aromatic heterocycles. The minimum atomic E-state index is -0.933. The zero-order valence-electron chi connectivity index (χ0n) is 15.2. The molecule has 0 amide bonds. The maximum Gasteiger partial charge on any atom is 0.320 e. The Morgan fingerprint density at radius 1 is 1.07 bits per heavy atom. The SMILES string of the molecule is NCCCC[C@H](N)C(=O)O.Nc1cccc(Cl)c1.O=Cc1ccc(Cl)cc1Cl. The molecule has 0 saturated carbocycles. The van der Waals surface area contributed by atoms with E-state index in [1.165, 1.54) is 6.07 Å². The molecule has 0 bridgehead atoms. The second-order valence-corrected chi connectivity index (χ2v) is 6.85. The van der Waals surface area contributed by atoms with Gasteiger partial charge in [-0.2, -0.15) is 0 Å². The van der Waals surface area contributed by atoms with Gasteiger partial charge in [0.2, 0.25) is 0 Å². The third-order valence-electron chi connectivity index (χ3n) is 3.22. The first-order valence-electron chi connectivity index (χ1n) is 8.31. The lowest BCUT2D eigenvalue weighted by atomic mass is 10.1. The van der Waals surface area contributed by atoms with E-state index < -0.39 is 12.0 Å². The molecule has 0 unspecified atom stereocenters. The highest BCUT2D eigenvalue weighted by molar-refractivity contribution is 6.36. The van der Waals surface area contributed by atoms with Gasteiger partial charge in [-0.05, 0) is 55.8 Å². The van der Waals surface area contributed by atoms with Crippen LogP contribution in [0.4, 0.5) is 5.69 Å². The second kappa shape index (κ2) is 15.1. The summed E-state index contributed by atoms with van der Waals surface area (Å²) in [5.74, 6) is -0.933. The van der Waals surface area contributed by atoms with E-state index in [2.05, 4.69) is 0 Å². The largest absolute Gasteiger partial charge is 0.480 e. The Hall–Kier alpha value is -1.83. The van der Waals surface area contributed by atoms with E-state index in [4.69, 9.17) is 57.1 Å². The molecule has 0 radical (unpaired) electrons. The molecular weight excluding hydrogens is 425 g/mol. The number of rotatable bonds is 6. The van der Waals surface area contributed by atoms with Crippen molar-refractivity contribution in [3.05, 3.63) is 63.1 Å². The molecule has 1 atom stereocenters. The molecule has 9 heteroatoms. The Morgan fingerprint density at radius 2 is 1.71 bits per heavy atom. The van der Waals surface area contributed by atoms with Crippen LogP contribution in [0, 0.1) is 0 Å². The van der Waals surface area contributed by atoms with E-state index in [1.807, 2.05) is 6.07 Å². The van der Waals surface area contributed by atoms with Gasteiger partial charge in [-0.1, -0.05) is 47.3 Å². The van der Waals surface area contributed by atoms with E-state index in [-0.39, 0.29) is 0 Å². The molecule has 0 heterocycles. The molecule has 2 aromatic carbocycles. The first-order valence-corrected chi connectivity index (χ1v) is 9.44. The summed E-state index contributed by atoms with van der Waals surface area (Å²) in [5, 5.41) is 9.94. The number of aldehydes is 1. The lowest BCUT2D eigenvalue weighted by Crippen LogP contribution is -2.29. The number of hydrogen-bond acceptors (Lipinski definition) is 5. The highest BCUT2D eigenvalue weighted by Crippen LogP contribution is 2.18. The number of anilines is 1. The molecule has 0 saturated heterocycles. The first kappa shape index (κ1) is 26.2. The van der Waals surface area contributed by atoms with E-state index in [9.17, 15) is 9.59 Å². The van der Waals surface area contributed by atoms with Crippen LogP contribution in [-0.4, -0.2) is 29.9 Å². The average Bonchev–Trinajstić information content (AvgIpc) is 2.63. The molecule has 154 valence electrons. The molecule has 28 heavy (non-hydrogen) atoms. The lowest BCUT2D eigenvalue weighted by molar-refractivity contribution is -0.138. The molecule has 2 rings (SSSR count). The van der Waals surface area contributed by atoms with E-state index >= 15 is 0 Å². The summed E-state index contributed by atoms with van der Waals surface area (Å²) in [7, 11) is 0. The van der Waals surface area contributed by atoms with E-state index in [0.717, 1.165) is 12.8 Å². The number of aliphatic carboxylic acids is 1. The molecule has 0 fully saturated rings. The lowest BCUT2D eigenvalue weighted by Gasteiger charge is -2.03. The van der Waals surface area contributed by atoms with Crippen LogP contribution in [0.2, 0.25) is 15.1 Å². The normalized spacial score (nSPS) is 10.6. The van der Waals surface area contributed by atoms with Crippen LogP contribution in [0.25, 0.3) is 0 Å². The molecule has 0 aliphatic rings. The number of carbonyl (C=O) groups excluding carboxylic acids is 1. The predicted molar refractivity (Wildman–Crippen MR) is 116 cm³/mol. The Labute approximate surface area is 179 Å². The van der Waals surface area contributed by atoms with Gasteiger partial charge in [0.1, 0.15) is 6.04 Å². The number of carbonyl (C=O) groups is 2. The fourth-order valence-corrected chi connectivity index (χ4v) is 2.39. The van der Waals surface area contributed by atoms with Crippen LogP contribution < -0.4 is 17.2 Å². The minimum Gasteiger partial charge on any atom is -0.480 e. The number of nitrogens with two attached hydrogens (primary N) is 3. The van der Waals surface area contributed by atoms with E-state index in [0.29, 0.717) is 45.6 Å². The number of nitrogen functional groups attached to an aromatic ring is 1. The predicted octanol–water partition coefficient (Wildman–Crippen LogP) is 4.26. The van der Waals surface area contributed by atoms with Crippen LogP contribution >= 0.6 is 34.8 Å². The van der Waals surface area contributed by atoms with Gasteiger partial charge in [0.15, 0.2) is 6.29 Å². The third-order valence-corrected chi connectivity index (χ3v) is 4.02. The summed E-state index contributed by atoms with van der Waals surface area (Å²) in [5.41, 5.74) is 17.0. The van der Waals surface area contributed by atoms with Crippen molar-refractivity contribution < 1.29 is 14.7 Å². The Morgan fingerprint density at radius 3 is 2.14 bits per heavy atom. The van der Waals surface area contributed by atoms with Crippen molar-refractivity contribution >= 4 is 52.7 Å². The van der Waals surface area contributed by atoms with E-state index in [1.54, 1.807) is 30.3 Å². The zero-order valence-corrected chi connectivity index (χ0v) is 17.4. The molecule has 7 N–H and O–H groups in total. The minimum absolute atomic E-state index is 0.391. The van der Waals surface area contributed by atoms with Crippen molar-refractivity contribution in [2.24, 2.45) is 11.5 Å². The van der Waals surface area contributed by atoms with Gasteiger partial charge in [0, 0.05) is 21.3 Å². The van der Waals surface area contributed by atoms with Gasteiger partial charge in [0.25, 0.3) is 0 Å². The van der Waals surface area contributed by atoms with Crippen molar-refractivity contribution in [2.45, 2.75) is 25.3 Å². The topological polar surface area (TPSA) is 132 Å². The summed E-state index contributed by atoms with van der Waals surface area (Å²) < 4.78 is 0. The number of carboxylic acid groups (broad SMARTS) is 1. The fraction of sp³-hybridized carbons (Fsp3) is 0.263. The van der Waals surface area contributed by atoms with Crippen LogP contribution in [0.5, 0.6) is 0 Å². The number of halogens is 3. The van der Waals surface area contributed by atoms with Crippen molar-refractivity contribution in [3.8, 4) is 0 Å². The quantitative estimate of drug-likeness (QED) is 0.296. The average molecular weight is 449 g/mol. The standard InChI is InChI=1S/C7H4Cl2O.C6H6ClN.C6H14N2O2/c8-6-2-1-5(4-10)7(9)3-6;7-5-2-1-3-6(8)4-5;7-4-2-1-3-5(8)6(9)10/h1-4H;1-4H,8H2;5H,1-4,7-8H2,(H,9,10)/t;;5-/m..0/s1. The van der Waals surface area contributed by atoms with Gasteiger partial charge in [-0.3, -0.25) is 9.59 Å². The summed E-state index contributed by atoms with van der Waals surface area (Å²) >= 11 is 16.8. The third kappa shape index (κ3) is 12.5. The monoisotopic (exact) mass is 447 g/mol. The van der Waals surface area contributed by atoms with Crippen molar-refractivity contribution in [1.82, 2.24) is 0 Å². The van der Waals surface area contributed by atoms with Crippen LogP contribution in [-0.2, 0) is 4.79 Å². The van der Waals surface area contributed by atoms with Gasteiger partial charge in [-0.25, -0.2) is 0 Å². The highest BCUT2D eigenvalue weighted by atomic mass is 35.5. The number of unbranched alkanes of at least 4 members (excludes halogenated alkanes) is 1. The number of hydrogen-bond donors (Lipinski definition) is 4. The van der Waals surface area contributed by atoms with Gasteiger partial charge in [-0.15, -0.1) is 0 Å². The van der Waals surface area contributed by atoms with Gasteiger partial charge < -0.3 is 22.3 Å². The smallest absolute Gasteiger partial charge is 0.320 e. The highest BCUT2D eigenvalue weighted by Gasteiger charge is 2.09. The summed E-state index contributed by atoms with van der Waals surface area (Å²) in [4.78, 5) is 20.3. The summed E-state index contributed by atoms with van der Waals surface area (Å²) in [6.45, 7) is 0.604. The first-order chi connectivity index (χ1) is 13.2. The molecule has 0 aliphatic carbocycles. The van der Waals surface area contributed by atoms with Gasteiger partial charge in [0.05, 0.1) is 5.02 Å². The second-order valence-electron chi connectivity index (χ2n) is 5.57. The summed E-state index contributed by atoms with van der Waals surface area (Å²) in [6, 6.07) is 11.1. The molecule has 2 aromatic rings. The Balaban J connectivity index is 0.000000393. The van der Waals surface area contributed by atoms with Crippen LogP contribution in [0.15, 0.2) is 42.5 Å². The van der Waals surface area contributed by atoms with Crippen LogP contribution in [0.3, 0.4) is 0 Å². The number of benzene rings is 2. The van der Waals surface area contributed by atoms with Crippen molar-refractivity contribution in [2.75, 3.05) is 12.3 Å². The van der Waals surface area contributed by atoms with Crippen molar-refractivity contribution in [3.63, 3.8) is 0 Å². The van der Waals surface area contributed by atoms with Crippen LogP contribution in [0.1, 0.15) is 29.6 Å². The molecule has 6 nitrogen and oxygen atoms in total. The fourth-order valence-electron chi connectivity index (χ4n) is 1.74. The van der Waals surface area contributed by atoms with Gasteiger partial charge >= 0.3 is 5.97 Å². The molecule has 0 spiro atoms. The van der Waals surface area contributed by atoms with Crippen molar-refractivity contribution in [1.29, 1.82) is 0 Å². The summed E-state index contributed by atoms with van der Waals surface area (Å²) in [6.07, 6.45) is 2.86. The maximum atomic E-state index is 10.2. The Bertz CT molecular complexity index is 728. The number of carboxylic acids is 1. The molecule has 0 aliphatic heterocycles. The Kier molecular flexibility index (Phi) is 14.1. The zero-order chi connectivity index (χ0) is 21.5.